The van der Waals surface area contributed by atoms with E-state index in [1.54, 1.807) is 42.1 Å². The predicted molar refractivity (Wildman–Crippen MR) is 97.7 cm³/mol. The van der Waals surface area contributed by atoms with Crippen LogP contribution in [0.5, 0.6) is 0 Å². The summed E-state index contributed by atoms with van der Waals surface area (Å²) in [6.07, 6.45) is 5.18. The van der Waals surface area contributed by atoms with Crippen LogP contribution in [0, 0.1) is 0 Å². The number of thiophene rings is 1. The maximum absolute atomic E-state index is 12.8. The highest BCUT2D eigenvalue weighted by Crippen LogP contribution is 2.23. The Morgan fingerprint density at radius 3 is 2.48 bits per heavy atom. The molecule has 1 aliphatic heterocycles. The molecule has 126 valence electrons. The molecule has 4 heterocycles. The lowest BCUT2D eigenvalue weighted by atomic mass is 10.1. The number of amides is 1. The summed E-state index contributed by atoms with van der Waals surface area (Å²) in [5.41, 5.74) is 1.53. The minimum Gasteiger partial charge on any atom is -0.337 e. The van der Waals surface area contributed by atoms with Gasteiger partial charge in [0, 0.05) is 50.3 Å². The van der Waals surface area contributed by atoms with E-state index in [0.29, 0.717) is 18.7 Å². The molecule has 7 heteroatoms. The molecule has 0 unspecified atom stereocenters. The number of piperazine rings is 1. The van der Waals surface area contributed by atoms with E-state index in [1.165, 1.54) is 0 Å². The molecule has 3 aromatic rings. The van der Waals surface area contributed by atoms with Gasteiger partial charge >= 0.3 is 0 Å². The van der Waals surface area contributed by atoms with Crippen molar-refractivity contribution in [1.82, 2.24) is 19.9 Å². The Balaban J connectivity index is 1.45. The van der Waals surface area contributed by atoms with Gasteiger partial charge in [0.1, 0.15) is 0 Å². The number of hydrogen-bond acceptors (Lipinski definition) is 6. The van der Waals surface area contributed by atoms with Crippen LogP contribution in [0.4, 0.5) is 5.95 Å². The fraction of sp³-hybridized carbons (Fsp3) is 0.222. The van der Waals surface area contributed by atoms with Crippen LogP contribution < -0.4 is 4.90 Å². The fourth-order valence-corrected chi connectivity index (χ4v) is 3.56. The van der Waals surface area contributed by atoms with Crippen LogP contribution in [-0.2, 0) is 0 Å². The lowest BCUT2D eigenvalue weighted by molar-refractivity contribution is 0.0746. The van der Waals surface area contributed by atoms with E-state index in [9.17, 15) is 4.79 Å². The lowest BCUT2D eigenvalue weighted by Crippen LogP contribution is -2.49. The standard InChI is InChI=1S/C18H17N5OS/c24-17(14-4-7-19-15(13-14)16-3-1-12-25-16)22-8-10-23(11-9-22)18-20-5-2-6-21-18/h1-7,12-13H,8-11H2. The zero-order chi connectivity index (χ0) is 17.1. The molecule has 1 amide bonds. The molecule has 0 aromatic carbocycles. The average molecular weight is 351 g/mol. The third-order valence-electron chi connectivity index (χ3n) is 4.18. The van der Waals surface area contributed by atoms with Gasteiger partial charge in [0.2, 0.25) is 5.95 Å². The van der Waals surface area contributed by atoms with E-state index in [1.807, 2.05) is 28.5 Å². The second-order valence-electron chi connectivity index (χ2n) is 5.74. The van der Waals surface area contributed by atoms with E-state index >= 15 is 0 Å². The highest BCUT2D eigenvalue weighted by Gasteiger charge is 2.23. The molecule has 3 aromatic heterocycles. The van der Waals surface area contributed by atoms with Gasteiger partial charge in [-0.2, -0.15) is 0 Å². The molecule has 0 saturated carbocycles. The van der Waals surface area contributed by atoms with Gasteiger partial charge in [-0.05, 0) is 29.6 Å². The SMILES string of the molecule is O=C(c1ccnc(-c2cccs2)c1)N1CCN(c2ncccn2)CC1. The normalized spacial score (nSPS) is 14.6. The van der Waals surface area contributed by atoms with Gasteiger partial charge in [-0.1, -0.05) is 6.07 Å². The van der Waals surface area contributed by atoms with Gasteiger partial charge in [0.05, 0.1) is 10.6 Å². The second-order valence-corrected chi connectivity index (χ2v) is 6.68. The highest BCUT2D eigenvalue weighted by atomic mass is 32.1. The minimum absolute atomic E-state index is 0.0498. The van der Waals surface area contributed by atoms with Crippen molar-refractivity contribution in [3.8, 4) is 10.6 Å². The van der Waals surface area contributed by atoms with Crippen molar-refractivity contribution in [3.63, 3.8) is 0 Å². The van der Waals surface area contributed by atoms with Crippen LogP contribution >= 0.6 is 11.3 Å². The molecular formula is C18H17N5OS. The van der Waals surface area contributed by atoms with Gasteiger partial charge < -0.3 is 9.80 Å². The van der Waals surface area contributed by atoms with Crippen LogP contribution in [0.25, 0.3) is 10.6 Å². The summed E-state index contributed by atoms with van der Waals surface area (Å²) in [5, 5.41) is 2.01. The minimum atomic E-state index is 0.0498. The molecule has 0 spiro atoms. The van der Waals surface area contributed by atoms with Gasteiger partial charge in [0.25, 0.3) is 5.91 Å². The Morgan fingerprint density at radius 2 is 1.76 bits per heavy atom. The van der Waals surface area contributed by atoms with Crippen LogP contribution in [-0.4, -0.2) is 51.9 Å². The first kappa shape index (κ1) is 15.7. The predicted octanol–water partition coefficient (Wildman–Crippen LogP) is 2.56. The first-order valence-electron chi connectivity index (χ1n) is 8.12. The van der Waals surface area contributed by atoms with E-state index in [0.717, 1.165) is 29.6 Å². The molecule has 1 saturated heterocycles. The van der Waals surface area contributed by atoms with E-state index in [-0.39, 0.29) is 5.91 Å². The third-order valence-corrected chi connectivity index (χ3v) is 5.07. The summed E-state index contributed by atoms with van der Waals surface area (Å²) in [6.45, 7) is 2.79. The summed E-state index contributed by atoms with van der Waals surface area (Å²) < 4.78 is 0. The Kier molecular flexibility index (Phi) is 4.39. The zero-order valence-electron chi connectivity index (χ0n) is 13.6. The Bertz CT molecular complexity index is 845. The Labute approximate surface area is 149 Å². The molecule has 0 aliphatic carbocycles. The molecule has 0 radical (unpaired) electrons. The van der Waals surface area contributed by atoms with Crippen LogP contribution in [0.15, 0.2) is 54.3 Å². The molecule has 0 atom stereocenters. The van der Waals surface area contributed by atoms with Crippen molar-refractivity contribution in [2.75, 3.05) is 31.1 Å². The van der Waals surface area contributed by atoms with Crippen molar-refractivity contribution >= 4 is 23.2 Å². The largest absolute Gasteiger partial charge is 0.337 e. The molecular weight excluding hydrogens is 334 g/mol. The van der Waals surface area contributed by atoms with E-state index in [2.05, 4.69) is 19.9 Å². The van der Waals surface area contributed by atoms with Crippen molar-refractivity contribution in [1.29, 1.82) is 0 Å². The van der Waals surface area contributed by atoms with Gasteiger partial charge in [-0.25, -0.2) is 9.97 Å². The van der Waals surface area contributed by atoms with Crippen molar-refractivity contribution in [2.45, 2.75) is 0 Å². The number of rotatable bonds is 3. The van der Waals surface area contributed by atoms with Crippen molar-refractivity contribution in [3.05, 3.63) is 59.9 Å². The molecule has 4 rings (SSSR count). The van der Waals surface area contributed by atoms with Gasteiger partial charge in [0.15, 0.2) is 0 Å². The number of pyridine rings is 1. The number of nitrogens with zero attached hydrogens (tertiary/aromatic N) is 5. The number of carbonyl (C=O) groups is 1. The molecule has 1 aliphatic rings. The quantitative estimate of drug-likeness (QED) is 0.726. The maximum atomic E-state index is 12.8. The molecule has 6 nitrogen and oxygen atoms in total. The molecule has 0 bridgehead atoms. The fourth-order valence-electron chi connectivity index (χ4n) is 2.87. The maximum Gasteiger partial charge on any atom is 0.254 e. The average Bonchev–Trinajstić information content (AvgIpc) is 3.23. The number of hydrogen-bond donors (Lipinski definition) is 0. The first-order valence-corrected chi connectivity index (χ1v) is 9.00. The summed E-state index contributed by atoms with van der Waals surface area (Å²) in [6, 6.07) is 9.46. The van der Waals surface area contributed by atoms with E-state index < -0.39 is 0 Å². The van der Waals surface area contributed by atoms with Crippen molar-refractivity contribution < 1.29 is 4.79 Å². The van der Waals surface area contributed by atoms with Gasteiger partial charge in [-0.3, -0.25) is 9.78 Å². The smallest absolute Gasteiger partial charge is 0.254 e. The summed E-state index contributed by atoms with van der Waals surface area (Å²) >= 11 is 1.62. The highest BCUT2D eigenvalue weighted by molar-refractivity contribution is 7.13. The number of anilines is 1. The third kappa shape index (κ3) is 3.36. The Morgan fingerprint density at radius 1 is 0.960 bits per heavy atom. The monoisotopic (exact) mass is 351 g/mol. The van der Waals surface area contributed by atoms with Crippen LogP contribution in [0.3, 0.4) is 0 Å². The molecule has 25 heavy (non-hydrogen) atoms. The van der Waals surface area contributed by atoms with Crippen molar-refractivity contribution in [2.24, 2.45) is 0 Å². The lowest BCUT2D eigenvalue weighted by Gasteiger charge is -2.34. The number of aromatic nitrogens is 3. The molecule has 0 N–H and O–H groups in total. The van der Waals surface area contributed by atoms with Crippen LogP contribution in [0.2, 0.25) is 0 Å². The first-order chi connectivity index (χ1) is 12.3. The van der Waals surface area contributed by atoms with Gasteiger partial charge in [-0.15, -0.1) is 11.3 Å². The van der Waals surface area contributed by atoms with E-state index in [4.69, 9.17) is 0 Å². The topological polar surface area (TPSA) is 62.2 Å². The second kappa shape index (κ2) is 6.98. The summed E-state index contributed by atoms with van der Waals surface area (Å²) in [4.78, 5) is 30.8. The number of carbonyl (C=O) groups excluding carboxylic acids is 1. The Hall–Kier alpha value is -2.80. The summed E-state index contributed by atoms with van der Waals surface area (Å²) in [7, 11) is 0. The zero-order valence-corrected chi connectivity index (χ0v) is 14.4. The summed E-state index contributed by atoms with van der Waals surface area (Å²) in [5.74, 6) is 0.771. The van der Waals surface area contributed by atoms with Crippen LogP contribution in [0.1, 0.15) is 10.4 Å². The molecule has 1 fully saturated rings.